The molecule has 3 heterocycles. The van der Waals surface area contributed by atoms with Crippen LogP contribution in [0.5, 0.6) is 0 Å². The second kappa shape index (κ2) is 11.2. The number of piperidine rings is 1. The van der Waals surface area contributed by atoms with Crippen LogP contribution in [0.15, 0.2) is 46.9 Å². The van der Waals surface area contributed by atoms with E-state index >= 15 is 0 Å². The van der Waals surface area contributed by atoms with Gasteiger partial charge < -0.3 is 10.2 Å². The highest BCUT2D eigenvalue weighted by atomic mass is 19.3. The van der Waals surface area contributed by atoms with Crippen molar-refractivity contribution < 1.29 is 13.2 Å². The van der Waals surface area contributed by atoms with Crippen LogP contribution >= 0.6 is 0 Å². The van der Waals surface area contributed by atoms with Gasteiger partial charge in [0.05, 0.1) is 23.4 Å². The molecule has 1 aliphatic rings. The molecule has 1 N–H and O–H groups in total. The lowest BCUT2D eigenvalue weighted by Crippen LogP contribution is -2.46. The molecule has 10 heteroatoms. The van der Waals surface area contributed by atoms with Gasteiger partial charge in [-0.3, -0.25) is 0 Å². The van der Waals surface area contributed by atoms with Crippen LogP contribution in [0.1, 0.15) is 25.3 Å². The first-order chi connectivity index (χ1) is 15.8. The van der Waals surface area contributed by atoms with Crippen LogP contribution in [0.3, 0.4) is 0 Å². The van der Waals surface area contributed by atoms with Gasteiger partial charge in [-0.2, -0.15) is 10.2 Å². The van der Waals surface area contributed by atoms with Crippen LogP contribution in [0.2, 0.25) is 0 Å². The number of hydrogen-bond acceptors (Lipinski definition) is 6. The molecule has 1 aliphatic heterocycles. The fourth-order valence-corrected chi connectivity index (χ4v) is 3.64. The smallest absolute Gasteiger partial charge is 0.241 e. The molecule has 1 fully saturated rings. The average molecular weight is 462 g/mol. The van der Waals surface area contributed by atoms with Crippen molar-refractivity contribution >= 4 is 17.2 Å². The van der Waals surface area contributed by atoms with Crippen molar-refractivity contribution in [1.82, 2.24) is 19.5 Å². The van der Waals surface area contributed by atoms with E-state index in [1.807, 2.05) is 43.3 Å². The number of alkyl halides is 3. The van der Waals surface area contributed by atoms with Gasteiger partial charge in [-0.15, -0.1) is 5.10 Å². The number of halogens is 3. The highest BCUT2D eigenvalue weighted by Gasteiger charge is 2.28. The van der Waals surface area contributed by atoms with Crippen molar-refractivity contribution in [3.05, 3.63) is 42.2 Å². The molecule has 33 heavy (non-hydrogen) atoms. The van der Waals surface area contributed by atoms with Gasteiger partial charge in [-0.25, -0.2) is 22.7 Å². The van der Waals surface area contributed by atoms with Crippen LogP contribution in [0.4, 0.5) is 24.8 Å². The molecule has 0 radical (unpaired) electrons. The molecule has 1 saturated heterocycles. The number of rotatable bonds is 5. The van der Waals surface area contributed by atoms with E-state index in [1.165, 1.54) is 6.92 Å². The second-order valence-corrected chi connectivity index (χ2v) is 8.06. The summed E-state index contributed by atoms with van der Waals surface area (Å²) >= 11 is 0. The van der Waals surface area contributed by atoms with Crippen LogP contribution in [-0.4, -0.2) is 65.3 Å². The maximum Gasteiger partial charge on any atom is 0.241 e. The normalized spacial score (nSPS) is 19.2. The Morgan fingerprint density at radius 1 is 1.27 bits per heavy atom. The highest BCUT2D eigenvalue weighted by Crippen LogP contribution is 2.30. The maximum atomic E-state index is 14.3. The fourth-order valence-electron chi connectivity index (χ4n) is 3.64. The zero-order valence-electron chi connectivity index (χ0n) is 19.3. The largest absolute Gasteiger partial charge is 0.347 e. The van der Waals surface area contributed by atoms with Gasteiger partial charge in [-0.05, 0) is 49.7 Å². The predicted octanol–water partition coefficient (Wildman–Crippen LogP) is 5.53. The van der Waals surface area contributed by atoms with Gasteiger partial charge in [0.1, 0.15) is 6.17 Å². The first-order valence-corrected chi connectivity index (χ1v) is 10.9. The minimum atomic E-state index is -2.12. The number of likely N-dealkylation sites (tertiary alicyclic amines) is 1. The summed E-state index contributed by atoms with van der Waals surface area (Å²) in [6.07, 6.45) is 1.34. The maximum absolute atomic E-state index is 14.3. The van der Waals surface area contributed by atoms with Crippen molar-refractivity contribution in [1.29, 1.82) is 0 Å². The number of anilines is 1. The van der Waals surface area contributed by atoms with Gasteiger partial charge >= 0.3 is 0 Å². The standard InChI is InChI=1S/C20H24FN7.C3H6F2/c1-13-10-14(4-5-17(13)25-22-2)15-6-9-28-19(15)11-23-20(26-28)24-18-7-8-27(3)12-16(18)21;1-2-3(4)5/h4-6,9-11,16,18H,7-8,12H2,1-3H3,(H,24,26);3H,2H2,1H3. The summed E-state index contributed by atoms with van der Waals surface area (Å²) in [5.41, 5.74) is 4.92. The molecule has 2 unspecified atom stereocenters. The van der Waals surface area contributed by atoms with Crippen molar-refractivity contribution in [2.75, 3.05) is 32.5 Å². The lowest BCUT2D eigenvalue weighted by atomic mass is 10.0. The number of nitrogens with one attached hydrogen (secondary N) is 1. The molecule has 1 aromatic carbocycles. The molecule has 2 atom stereocenters. The van der Waals surface area contributed by atoms with E-state index in [4.69, 9.17) is 0 Å². The zero-order chi connectivity index (χ0) is 24.0. The Kier molecular flexibility index (Phi) is 8.37. The van der Waals surface area contributed by atoms with Crippen LogP contribution in [0.25, 0.3) is 16.6 Å². The highest BCUT2D eigenvalue weighted by molar-refractivity contribution is 5.81. The zero-order valence-corrected chi connectivity index (χ0v) is 19.3. The number of aryl methyl sites for hydroxylation is 1. The Balaban J connectivity index is 0.000000555. The first kappa shape index (κ1) is 24.6. The summed E-state index contributed by atoms with van der Waals surface area (Å²) in [6.45, 7) is 4.76. The monoisotopic (exact) mass is 461 g/mol. The summed E-state index contributed by atoms with van der Waals surface area (Å²) < 4.78 is 37.6. The topological polar surface area (TPSA) is 70.2 Å². The Hall–Kier alpha value is -3.01. The number of aromatic nitrogens is 3. The summed E-state index contributed by atoms with van der Waals surface area (Å²) in [5.74, 6) is 0.446. The summed E-state index contributed by atoms with van der Waals surface area (Å²) in [5, 5.41) is 15.6. The van der Waals surface area contributed by atoms with E-state index < -0.39 is 12.6 Å². The Morgan fingerprint density at radius 3 is 2.67 bits per heavy atom. The number of fused-ring (bicyclic) bond motifs is 1. The van der Waals surface area contributed by atoms with Crippen molar-refractivity contribution in [3.8, 4) is 11.1 Å². The van der Waals surface area contributed by atoms with Crippen LogP contribution in [-0.2, 0) is 0 Å². The van der Waals surface area contributed by atoms with Crippen molar-refractivity contribution in [2.45, 2.75) is 45.3 Å². The van der Waals surface area contributed by atoms with E-state index in [1.54, 1.807) is 17.8 Å². The van der Waals surface area contributed by atoms with Gasteiger partial charge in [0.15, 0.2) is 0 Å². The van der Waals surface area contributed by atoms with Gasteiger partial charge in [-0.1, -0.05) is 13.0 Å². The van der Waals surface area contributed by atoms with Crippen molar-refractivity contribution in [3.63, 3.8) is 0 Å². The molecule has 178 valence electrons. The van der Waals surface area contributed by atoms with Gasteiger partial charge in [0.2, 0.25) is 12.4 Å². The Bertz CT molecular complexity index is 1080. The molecule has 3 aromatic rings. The molecule has 0 amide bonds. The lowest BCUT2D eigenvalue weighted by Gasteiger charge is -2.32. The molecular formula is C23H30F3N7. The fraction of sp³-hybridized carbons (Fsp3) is 0.478. The SMILES string of the molecule is CCC(F)F.CN=Nc1ccc(-c2ccn3nc(NC4CCN(C)CC4F)ncc23)cc1C. The second-order valence-electron chi connectivity index (χ2n) is 8.06. The van der Waals surface area contributed by atoms with Crippen LogP contribution < -0.4 is 5.32 Å². The molecule has 0 saturated carbocycles. The minimum Gasteiger partial charge on any atom is -0.347 e. The Labute approximate surface area is 191 Å². The number of nitrogens with zero attached hydrogens (tertiary/aromatic N) is 6. The molecular weight excluding hydrogens is 431 g/mol. The third-order valence-corrected chi connectivity index (χ3v) is 5.50. The first-order valence-electron chi connectivity index (χ1n) is 10.9. The van der Waals surface area contributed by atoms with E-state index in [2.05, 4.69) is 31.7 Å². The summed E-state index contributed by atoms with van der Waals surface area (Å²) in [4.78, 5) is 6.43. The quantitative estimate of drug-likeness (QED) is 0.507. The van der Waals surface area contributed by atoms with E-state index in [9.17, 15) is 13.2 Å². The number of hydrogen-bond donors (Lipinski definition) is 1. The molecule has 0 bridgehead atoms. The third-order valence-electron chi connectivity index (χ3n) is 5.50. The lowest BCUT2D eigenvalue weighted by molar-refractivity contribution is 0.144. The van der Waals surface area contributed by atoms with Crippen molar-refractivity contribution in [2.24, 2.45) is 10.2 Å². The van der Waals surface area contributed by atoms with Crippen LogP contribution in [0, 0.1) is 6.92 Å². The predicted molar refractivity (Wildman–Crippen MR) is 124 cm³/mol. The van der Waals surface area contributed by atoms with Gasteiger partial charge in [0.25, 0.3) is 0 Å². The Morgan fingerprint density at radius 2 is 2.03 bits per heavy atom. The molecule has 4 rings (SSSR count). The third kappa shape index (κ3) is 6.28. The average Bonchev–Trinajstić information content (AvgIpc) is 3.21. The summed E-state index contributed by atoms with van der Waals surface area (Å²) in [6, 6.07) is 7.81. The van der Waals surface area contributed by atoms with Gasteiger partial charge in [0, 0.05) is 38.3 Å². The molecule has 0 spiro atoms. The molecule has 2 aromatic heterocycles. The van der Waals surface area contributed by atoms with E-state index in [0.717, 1.165) is 40.9 Å². The van der Waals surface area contributed by atoms with E-state index in [0.29, 0.717) is 12.5 Å². The number of azo groups is 1. The van der Waals surface area contributed by atoms with E-state index in [-0.39, 0.29) is 12.5 Å². The summed E-state index contributed by atoms with van der Waals surface area (Å²) in [7, 11) is 3.60. The number of benzene rings is 1. The minimum absolute atomic E-state index is 0.0278. The molecule has 0 aliphatic carbocycles. The molecule has 7 nitrogen and oxygen atoms in total.